The fraction of sp³-hybridized carbons (Fsp3) is 0.0667. The summed E-state index contributed by atoms with van der Waals surface area (Å²) < 4.78 is 0. The van der Waals surface area contributed by atoms with Gasteiger partial charge in [-0.15, -0.1) is 0 Å². The Morgan fingerprint density at radius 1 is 1.14 bits per heavy atom. The molecule has 2 aromatic rings. The van der Waals surface area contributed by atoms with E-state index < -0.39 is 17.5 Å². The van der Waals surface area contributed by atoms with Crippen LogP contribution in [0.2, 0.25) is 0 Å². The van der Waals surface area contributed by atoms with Crippen molar-refractivity contribution in [2.24, 2.45) is 0 Å². The number of ketones is 1. The van der Waals surface area contributed by atoms with Gasteiger partial charge < -0.3 is 20.9 Å². The van der Waals surface area contributed by atoms with Gasteiger partial charge in [-0.3, -0.25) is 4.79 Å². The molecule has 2 rings (SSSR count). The molecule has 6 heteroatoms. The van der Waals surface area contributed by atoms with Crippen molar-refractivity contribution < 1.29 is 19.8 Å². The monoisotopic (exact) mass is 286 g/mol. The van der Waals surface area contributed by atoms with Crippen LogP contribution in [0.4, 0.5) is 5.69 Å². The normalized spacial score (nSPS) is 11.3. The standard InChI is InChI=1S/C15H14N2O4/c16-11-3-1-9(2-4-11)7-10-5-6-17-14(10)12(18)8-13(19)15(20)21/h1-6,8,17,19H,7,16H2,(H,20,21)/b13-8-. The molecular weight excluding hydrogens is 272 g/mol. The Morgan fingerprint density at radius 2 is 1.81 bits per heavy atom. The highest BCUT2D eigenvalue weighted by Gasteiger charge is 2.14. The highest BCUT2D eigenvalue weighted by atomic mass is 16.4. The molecule has 0 saturated carbocycles. The second-order valence-corrected chi connectivity index (χ2v) is 4.50. The molecule has 5 N–H and O–H groups in total. The first-order valence-corrected chi connectivity index (χ1v) is 6.16. The summed E-state index contributed by atoms with van der Waals surface area (Å²) in [5.74, 6) is -3.13. The number of allylic oxidation sites excluding steroid dienone is 1. The van der Waals surface area contributed by atoms with Crippen molar-refractivity contribution in [3.8, 4) is 0 Å². The molecule has 0 aliphatic carbocycles. The van der Waals surface area contributed by atoms with Crippen LogP contribution in [0.15, 0.2) is 48.4 Å². The van der Waals surface area contributed by atoms with Gasteiger partial charge in [-0.2, -0.15) is 0 Å². The molecule has 0 fully saturated rings. The van der Waals surface area contributed by atoms with Crippen LogP contribution in [0.1, 0.15) is 21.6 Å². The molecule has 1 aromatic carbocycles. The number of carbonyl (C=O) groups excluding carboxylic acids is 1. The summed E-state index contributed by atoms with van der Waals surface area (Å²) >= 11 is 0. The van der Waals surface area contributed by atoms with E-state index in [4.69, 9.17) is 15.9 Å². The molecule has 0 amide bonds. The molecule has 1 aromatic heterocycles. The van der Waals surface area contributed by atoms with Crippen molar-refractivity contribution in [3.05, 3.63) is 65.2 Å². The zero-order valence-electron chi connectivity index (χ0n) is 11.0. The van der Waals surface area contributed by atoms with Gasteiger partial charge in [-0.05, 0) is 35.7 Å². The van der Waals surface area contributed by atoms with Gasteiger partial charge in [0.25, 0.3) is 0 Å². The Hall–Kier alpha value is -3.02. The van der Waals surface area contributed by atoms with Gasteiger partial charge in [0.15, 0.2) is 0 Å². The fourth-order valence-electron chi connectivity index (χ4n) is 1.89. The maximum Gasteiger partial charge on any atom is 0.371 e. The predicted octanol–water partition coefficient (Wildman–Crippen LogP) is 1.90. The SMILES string of the molecule is Nc1ccc(Cc2cc[nH]c2C(=O)/C=C(\O)C(=O)O)cc1. The lowest BCUT2D eigenvalue weighted by Crippen LogP contribution is -2.06. The molecule has 108 valence electrons. The number of H-pyrrole nitrogens is 1. The highest BCUT2D eigenvalue weighted by Crippen LogP contribution is 2.16. The molecule has 0 atom stereocenters. The first kappa shape index (κ1) is 14.4. The van der Waals surface area contributed by atoms with Crippen molar-refractivity contribution in [3.63, 3.8) is 0 Å². The van der Waals surface area contributed by atoms with E-state index in [1.807, 2.05) is 12.1 Å². The van der Waals surface area contributed by atoms with Gasteiger partial charge in [0.05, 0.1) is 5.69 Å². The molecular formula is C15H14N2O4. The third-order valence-corrected chi connectivity index (χ3v) is 2.94. The Balaban J connectivity index is 2.22. The number of nitrogens with two attached hydrogens (primary N) is 1. The number of anilines is 1. The number of rotatable bonds is 5. The number of aliphatic hydroxyl groups excluding tert-OH is 1. The first-order chi connectivity index (χ1) is 9.97. The van der Waals surface area contributed by atoms with E-state index in [1.54, 1.807) is 24.4 Å². The number of carboxylic acids is 1. The molecule has 0 saturated heterocycles. The van der Waals surface area contributed by atoms with Gasteiger partial charge in [0.2, 0.25) is 11.5 Å². The summed E-state index contributed by atoms with van der Waals surface area (Å²) in [6.45, 7) is 0. The summed E-state index contributed by atoms with van der Waals surface area (Å²) in [5.41, 5.74) is 8.18. The summed E-state index contributed by atoms with van der Waals surface area (Å²) in [6, 6.07) is 8.96. The Kier molecular flexibility index (Phi) is 4.08. The van der Waals surface area contributed by atoms with Crippen LogP contribution in [0.25, 0.3) is 0 Å². The lowest BCUT2D eigenvalue weighted by atomic mass is 10.0. The largest absolute Gasteiger partial charge is 0.502 e. The molecule has 0 unspecified atom stereocenters. The maximum absolute atomic E-state index is 11.9. The van der Waals surface area contributed by atoms with E-state index in [-0.39, 0.29) is 5.69 Å². The number of hydrogen-bond donors (Lipinski definition) is 4. The van der Waals surface area contributed by atoms with Crippen molar-refractivity contribution in [2.75, 3.05) is 5.73 Å². The molecule has 1 heterocycles. The third-order valence-electron chi connectivity index (χ3n) is 2.94. The summed E-state index contributed by atoms with van der Waals surface area (Å²) in [7, 11) is 0. The molecule has 0 radical (unpaired) electrons. The minimum atomic E-state index is -1.55. The third kappa shape index (κ3) is 3.50. The number of hydrogen-bond acceptors (Lipinski definition) is 4. The Bertz CT molecular complexity index is 699. The molecule has 0 spiro atoms. The van der Waals surface area contributed by atoms with Crippen molar-refractivity contribution in [1.29, 1.82) is 0 Å². The van der Waals surface area contributed by atoms with Crippen molar-refractivity contribution in [1.82, 2.24) is 4.98 Å². The topological polar surface area (TPSA) is 116 Å². The van der Waals surface area contributed by atoms with Crippen LogP contribution < -0.4 is 5.73 Å². The number of benzene rings is 1. The lowest BCUT2D eigenvalue weighted by Gasteiger charge is -2.03. The average Bonchev–Trinajstić information content (AvgIpc) is 2.89. The smallest absolute Gasteiger partial charge is 0.371 e. The lowest BCUT2D eigenvalue weighted by molar-refractivity contribution is -0.135. The summed E-state index contributed by atoms with van der Waals surface area (Å²) in [6.07, 6.45) is 2.76. The van der Waals surface area contributed by atoms with E-state index in [0.29, 0.717) is 23.7 Å². The number of nitrogen functional groups attached to an aromatic ring is 1. The van der Waals surface area contributed by atoms with Crippen LogP contribution in [0.5, 0.6) is 0 Å². The number of aliphatic hydroxyl groups is 1. The van der Waals surface area contributed by atoms with Crippen molar-refractivity contribution >= 4 is 17.4 Å². The number of nitrogens with one attached hydrogen (secondary N) is 1. The Morgan fingerprint density at radius 3 is 2.43 bits per heavy atom. The quantitative estimate of drug-likeness (QED) is 0.290. The minimum absolute atomic E-state index is 0.250. The van der Waals surface area contributed by atoms with Gasteiger partial charge >= 0.3 is 5.97 Å². The highest BCUT2D eigenvalue weighted by molar-refractivity contribution is 6.07. The van der Waals surface area contributed by atoms with Gasteiger partial charge in [0.1, 0.15) is 0 Å². The number of aliphatic carboxylic acids is 1. The van der Waals surface area contributed by atoms with E-state index in [2.05, 4.69) is 4.98 Å². The molecule has 6 nitrogen and oxygen atoms in total. The number of carboxylic acid groups (broad SMARTS) is 1. The van der Waals surface area contributed by atoms with Crippen LogP contribution >= 0.6 is 0 Å². The average molecular weight is 286 g/mol. The number of aromatic nitrogens is 1. The fourth-order valence-corrected chi connectivity index (χ4v) is 1.89. The maximum atomic E-state index is 11.9. The van der Waals surface area contributed by atoms with Gasteiger partial charge in [-0.1, -0.05) is 12.1 Å². The van der Waals surface area contributed by atoms with Crippen LogP contribution in [-0.2, 0) is 11.2 Å². The Labute approximate surface area is 120 Å². The zero-order valence-corrected chi connectivity index (χ0v) is 11.0. The van der Waals surface area contributed by atoms with E-state index in [9.17, 15) is 9.59 Å². The molecule has 0 aliphatic heterocycles. The second-order valence-electron chi connectivity index (χ2n) is 4.50. The molecule has 0 aliphatic rings. The molecule has 0 bridgehead atoms. The van der Waals surface area contributed by atoms with E-state index >= 15 is 0 Å². The first-order valence-electron chi connectivity index (χ1n) is 6.16. The minimum Gasteiger partial charge on any atom is -0.502 e. The van der Waals surface area contributed by atoms with Crippen LogP contribution in [0, 0.1) is 0 Å². The number of aromatic amines is 1. The van der Waals surface area contributed by atoms with E-state index in [0.717, 1.165) is 5.56 Å². The zero-order chi connectivity index (χ0) is 15.4. The predicted molar refractivity (Wildman–Crippen MR) is 77.1 cm³/mol. The van der Waals surface area contributed by atoms with E-state index in [1.165, 1.54) is 0 Å². The van der Waals surface area contributed by atoms with Crippen LogP contribution in [0.3, 0.4) is 0 Å². The van der Waals surface area contributed by atoms with Crippen molar-refractivity contribution in [2.45, 2.75) is 6.42 Å². The van der Waals surface area contributed by atoms with Crippen LogP contribution in [-0.4, -0.2) is 26.9 Å². The summed E-state index contributed by atoms with van der Waals surface area (Å²) in [4.78, 5) is 25.2. The van der Waals surface area contributed by atoms with Gasteiger partial charge in [0, 0.05) is 18.0 Å². The number of carbonyl (C=O) groups is 2. The van der Waals surface area contributed by atoms with Gasteiger partial charge in [-0.25, -0.2) is 4.79 Å². The summed E-state index contributed by atoms with van der Waals surface area (Å²) in [5, 5.41) is 17.7. The molecule has 21 heavy (non-hydrogen) atoms. The second kappa shape index (κ2) is 5.96.